The highest BCUT2D eigenvalue weighted by molar-refractivity contribution is 5.55. The summed E-state index contributed by atoms with van der Waals surface area (Å²) in [7, 11) is 0. The minimum absolute atomic E-state index is 0.137. The van der Waals surface area contributed by atoms with E-state index in [0.717, 1.165) is 36.0 Å². The maximum Gasteiger partial charge on any atom is 0.251 e. The van der Waals surface area contributed by atoms with Crippen LogP contribution in [0.25, 0.3) is 11.4 Å². The van der Waals surface area contributed by atoms with E-state index in [-0.39, 0.29) is 5.56 Å². The highest BCUT2D eigenvalue weighted by Gasteiger charge is 2.15. The summed E-state index contributed by atoms with van der Waals surface area (Å²) in [4.78, 5) is 26.1. The van der Waals surface area contributed by atoms with Crippen molar-refractivity contribution < 1.29 is 0 Å². The number of aryl methyl sites for hydroxylation is 1. The lowest BCUT2D eigenvalue weighted by atomic mass is 9.99. The molecule has 4 rings (SSSR count). The Morgan fingerprint density at radius 2 is 1.84 bits per heavy atom. The number of likely N-dealkylation sites (tertiary alicyclic amines) is 1. The van der Waals surface area contributed by atoms with Crippen molar-refractivity contribution >= 4 is 5.82 Å². The van der Waals surface area contributed by atoms with Crippen LogP contribution in [0, 0.1) is 5.92 Å². The number of anilines is 1. The quantitative estimate of drug-likeness (QED) is 0.602. The number of hydrogen-bond donors (Lipinski definition) is 2. The van der Waals surface area contributed by atoms with E-state index in [0.29, 0.717) is 12.4 Å². The van der Waals surface area contributed by atoms with E-state index in [1.807, 2.05) is 19.1 Å². The standard InChI is InChI=1S/C25H31N5O/c1-3-22-14-24(31)29-25(28-22)21-8-9-23(27-16-21)26-15-19-4-6-20(7-5-19)17-30-12-10-18(2)11-13-30/h4-9,14,16,18H,3,10-13,15,17H2,1-2H3,(H,26,27)(H,28,29,31). The summed E-state index contributed by atoms with van der Waals surface area (Å²) in [6, 6.07) is 14.2. The molecule has 0 bridgehead atoms. The Morgan fingerprint density at radius 3 is 2.52 bits per heavy atom. The lowest BCUT2D eigenvalue weighted by Crippen LogP contribution is -2.32. The summed E-state index contributed by atoms with van der Waals surface area (Å²) < 4.78 is 0. The second-order valence-electron chi connectivity index (χ2n) is 8.50. The second kappa shape index (κ2) is 9.88. The van der Waals surface area contributed by atoms with Crippen molar-refractivity contribution in [2.45, 2.75) is 46.2 Å². The molecule has 3 aromatic rings. The molecule has 0 saturated carbocycles. The Bertz CT molecular complexity index is 1030. The molecule has 2 N–H and O–H groups in total. The van der Waals surface area contributed by atoms with Crippen molar-refractivity contribution in [3.05, 3.63) is 75.8 Å². The van der Waals surface area contributed by atoms with E-state index in [1.165, 1.54) is 43.1 Å². The molecule has 3 heterocycles. The van der Waals surface area contributed by atoms with Crippen LogP contribution in [0.4, 0.5) is 5.82 Å². The molecular formula is C25H31N5O. The average Bonchev–Trinajstić information content (AvgIpc) is 2.80. The van der Waals surface area contributed by atoms with E-state index in [1.54, 1.807) is 6.20 Å². The molecule has 1 aromatic carbocycles. The lowest BCUT2D eigenvalue weighted by Gasteiger charge is -2.30. The topological polar surface area (TPSA) is 73.9 Å². The van der Waals surface area contributed by atoms with Gasteiger partial charge in [0.05, 0.1) is 0 Å². The Hall–Kier alpha value is -2.99. The highest BCUT2D eigenvalue weighted by atomic mass is 16.1. The van der Waals surface area contributed by atoms with Gasteiger partial charge in [-0.15, -0.1) is 0 Å². The van der Waals surface area contributed by atoms with Crippen LogP contribution in [0.1, 0.15) is 43.5 Å². The second-order valence-corrected chi connectivity index (χ2v) is 8.50. The first kappa shape index (κ1) is 21.2. The third-order valence-corrected chi connectivity index (χ3v) is 5.97. The Labute approximate surface area is 183 Å². The zero-order valence-electron chi connectivity index (χ0n) is 18.4. The van der Waals surface area contributed by atoms with Gasteiger partial charge in [-0.1, -0.05) is 38.1 Å². The number of nitrogens with zero attached hydrogens (tertiary/aromatic N) is 3. The molecule has 1 saturated heterocycles. The van der Waals surface area contributed by atoms with Gasteiger partial charge in [0.1, 0.15) is 11.6 Å². The van der Waals surface area contributed by atoms with Crippen molar-refractivity contribution in [2.75, 3.05) is 18.4 Å². The monoisotopic (exact) mass is 417 g/mol. The number of rotatable bonds is 7. The van der Waals surface area contributed by atoms with E-state index in [2.05, 4.69) is 56.4 Å². The number of pyridine rings is 1. The number of nitrogens with one attached hydrogen (secondary N) is 2. The van der Waals surface area contributed by atoms with E-state index in [4.69, 9.17) is 0 Å². The van der Waals surface area contributed by atoms with Gasteiger partial charge in [0.15, 0.2) is 0 Å². The fraction of sp³-hybridized carbons (Fsp3) is 0.400. The van der Waals surface area contributed by atoms with Gasteiger partial charge in [-0.25, -0.2) is 9.97 Å². The molecule has 0 spiro atoms. The van der Waals surface area contributed by atoms with Crippen molar-refractivity contribution in [1.82, 2.24) is 19.9 Å². The molecule has 1 aliphatic rings. The molecular weight excluding hydrogens is 386 g/mol. The fourth-order valence-electron chi connectivity index (χ4n) is 3.90. The minimum atomic E-state index is -0.137. The third-order valence-electron chi connectivity index (χ3n) is 5.97. The summed E-state index contributed by atoms with van der Waals surface area (Å²) in [5.74, 6) is 2.22. The molecule has 1 aliphatic heterocycles. The van der Waals surface area contributed by atoms with Crippen LogP contribution in [0.15, 0.2) is 53.5 Å². The molecule has 0 aliphatic carbocycles. The van der Waals surface area contributed by atoms with Crippen LogP contribution in [-0.4, -0.2) is 32.9 Å². The highest BCUT2D eigenvalue weighted by Crippen LogP contribution is 2.19. The summed E-state index contributed by atoms with van der Waals surface area (Å²) in [6.07, 6.45) is 5.08. The predicted molar refractivity (Wildman–Crippen MR) is 125 cm³/mol. The summed E-state index contributed by atoms with van der Waals surface area (Å²) in [6.45, 7) is 8.50. The number of aromatic amines is 1. The molecule has 6 heteroatoms. The molecule has 0 amide bonds. The van der Waals surface area contributed by atoms with Gasteiger partial charge in [-0.3, -0.25) is 9.69 Å². The summed E-state index contributed by atoms with van der Waals surface area (Å²) >= 11 is 0. The van der Waals surface area contributed by atoms with E-state index < -0.39 is 0 Å². The van der Waals surface area contributed by atoms with Gasteiger partial charge in [0.2, 0.25) is 0 Å². The summed E-state index contributed by atoms with van der Waals surface area (Å²) in [5.41, 5.74) is 4.04. The van der Waals surface area contributed by atoms with Gasteiger partial charge in [0, 0.05) is 36.6 Å². The van der Waals surface area contributed by atoms with Gasteiger partial charge in [0.25, 0.3) is 5.56 Å². The Balaban J connectivity index is 1.32. The van der Waals surface area contributed by atoms with Crippen LogP contribution in [0.2, 0.25) is 0 Å². The van der Waals surface area contributed by atoms with Crippen LogP contribution >= 0.6 is 0 Å². The van der Waals surface area contributed by atoms with Crippen molar-refractivity contribution in [3.63, 3.8) is 0 Å². The van der Waals surface area contributed by atoms with E-state index in [9.17, 15) is 4.79 Å². The number of hydrogen-bond acceptors (Lipinski definition) is 5. The fourth-order valence-corrected chi connectivity index (χ4v) is 3.90. The first-order valence-corrected chi connectivity index (χ1v) is 11.2. The number of aromatic nitrogens is 3. The largest absolute Gasteiger partial charge is 0.366 e. The molecule has 0 atom stereocenters. The lowest BCUT2D eigenvalue weighted by molar-refractivity contribution is 0.185. The SMILES string of the molecule is CCc1cc(=O)[nH]c(-c2ccc(NCc3ccc(CN4CCC(C)CC4)cc3)nc2)n1. The van der Waals surface area contributed by atoms with Crippen LogP contribution in [0.3, 0.4) is 0 Å². The third kappa shape index (κ3) is 5.79. The first-order chi connectivity index (χ1) is 15.1. The van der Waals surface area contributed by atoms with Crippen LogP contribution < -0.4 is 10.9 Å². The minimum Gasteiger partial charge on any atom is -0.366 e. The van der Waals surface area contributed by atoms with E-state index >= 15 is 0 Å². The normalized spacial score (nSPS) is 15.2. The maximum atomic E-state index is 11.8. The molecule has 1 fully saturated rings. The van der Waals surface area contributed by atoms with Gasteiger partial charge < -0.3 is 10.3 Å². The molecule has 31 heavy (non-hydrogen) atoms. The first-order valence-electron chi connectivity index (χ1n) is 11.2. The smallest absolute Gasteiger partial charge is 0.251 e. The van der Waals surface area contributed by atoms with Crippen molar-refractivity contribution in [2.24, 2.45) is 5.92 Å². The Kier molecular flexibility index (Phi) is 6.77. The van der Waals surface area contributed by atoms with Crippen molar-refractivity contribution in [1.29, 1.82) is 0 Å². The van der Waals surface area contributed by atoms with Crippen LogP contribution in [-0.2, 0) is 19.5 Å². The molecule has 0 unspecified atom stereocenters. The average molecular weight is 418 g/mol. The molecule has 2 aromatic heterocycles. The van der Waals surface area contributed by atoms with Crippen LogP contribution in [0.5, 0.6) is 0 Å². The maximum absolute atomic E-state index is 11.8. The predicted octanol–water partition coefficient (Wildman–Crippen LogP) is 4.24. The van der Waals surface area contributed by atoms with Crippen molar-refractivity contribution in [3.8, 4) is 11.4 Å². The Morgan fingerprint density at radius 1 is 1.10 bits per heavy atom. The zero-order chi connectivity index (χ0) is 21.6. The molecule has 162 valence electrons. The summed E-state index contributed by atoms with van der Waals surface area (Å²) in [5, 5.41) is 3.37. The number of H-pyrrole nitrogens is 1. The number of benzene rings is 1. The zero-order valence-corrected chi connectivity index (χ0v) is 18.4. The molecule has 6 nitrogen and oxygen atoms in total. The van der Waals surface area contributed by atoms with Gasteiger partial charge in [-0.05, 0) is 61.5 Å². The molecule has 0 radical (unpaired) electrons. The van der Waals surface area contributed by atoms with Gasteiger partial charge >= 0.3 is 0 Å². The van der Waals surface area contributed by atoms with Gasteiger partial charge in [-0.2, -0.15) is 0 Å². The number of piperidine rings is 1.